The van der Waals surface area contributed by atoms with Crippen LogP contribution in [0.25, 0.3) is 0 Å². The van der Waals surface area contributed by atoms with Gasteiger partial charge in [-0.05, 0) is 24.6 Å². The summed E-state index contributed by atoms with van der Waals surface area (Å²) in [6.45, 7) is 2.41. The minimum absolute atomic E-state index is 0.111. The Hall–Kier alpha value is -2.62. The number of hydrogen-bond donors (Lipinski definition) is 1. The van der Waals surface area contributed by atoms with E-state index in [2.05, 4.69) is 5.16 Å². The summed E-state index contributed by atoms with van der Waals surface area (Å²) in [5, 5.41) is 12.3. The van der Waals surface area contributed by atoms with E-state index in [4.69, 9.17) is 5.21 Å². The van der Waals surface area contributed by atoms with Gasteiger partial charge in [-0.1, -0.05) is 47.1 Å². The van der Waals surface area contributed by atoms with Gasteiger partial charge in [-0.15, -0.1) is 0 Å². The molecule has 1 amide bonds. The van der Waals surface area contributed by atoms with Crippen molar-refractivity contribution in [2.24, 2.45) is 5.16 Å². The minimum Gasteiger partial charge on any atom is -0.410 e. The first-order chi connectivity index (χ1) is 9.70. The lowest BCUT2D eigenvalue weighted by atomic mass is 10.1. The van der Waals surface area contributed by atoms with Crippen molar-refractivity contribution >= 4 is 17.3 Å². The third-order valence-electron chi connectivity index (χ3n) is 3.43. The lowest BCUT2D eigenvalue weighted by Crippen LogP contribution is -2.29. The monoisotopic (exact) mass is 266 g/mol. The summed E-state index contributed by atoms with van der Waals surface area (Å²) in [5.41, 5.74) is 3.65. The fourth-order valence-corrected chi connectivity index (χ4v) is 2.45. The van der Waals surface area contributed by atoms with Crippen molar-refractivity contribution in [2.75, 3.05) is 4.90 Å². The SMILES string of the molecule is Cc1ccc2c(c1)/C(=N/O)C(=O)N2Cc1ccccc1. The van der Waals surface area contributed by atoms with Gasteiger partial charge in [0, 0.05) is 5.56 Å². The third kappa shape index (κ3) is 1.95. The molecule has 0 fully saturated rings. The van der Waals surface area contributed by atoms with E-state index in [9.17, 15) is 4.79 Å². The summed E-state index contributed by atoms with van der Waals surface area (Å²) in [5.74, 6) is -0.267. The molecule has 0 bridgehead atoms. The quantitative estimate of drug-likeness (QED) is 0.671. The molecule has 1 aliphatic rings. The minimum atomic E-state index is -0.267. The van der Waals surface area contributed by atoms with E-state index < -0.39 is 0 Å². The number of hydrogen-bond acceptors (Lipinski definition) is 3. The standard InChI is InChI=1S/C16H14N2O2/c1-11-7-8-14-13(9-11)15(17-20)16(19)18(14)10-12-5-3-2-4-6-12/h2-9,20H,10H2,1H3/b17-15-. The van der Waals surface area contributed by atoms with E-state index in [0.29, 0.717) is 12.1 Å². The van der Waals surface area contributed by atoms with Crippen molar-refractivity contribution in [1.82, 2.24) is 0 Å². The second kappa shape index (κ2) is 4.81. The van der Waals surface area contributed by atoms with E-state index in [-0.39, 0.29) is 11.6 Å². The number of carbonyl (C=O) groups excluding carboxylic acids is 1. The third-order valence-corrected chi connectivity index (χ3v) is 3.43. The number of amides is 1. The van der Waals surface area contributed by atoms with Gasteiger partial charge in [-0.3, -0.25) is 4.79 Å². The Kier molecular flexibility index (Phi) is 2.99. The van der Waals surface area contributed by atoms with Crippen molar-refractivity contribution in [2.45, 2.75) is 13.5 Å². The highest BCUT2D eigenvalue weighted by Crippen LogP contribution is 2.31. The maximum Gasteiger partial charge on any atom is 0.281 e. The molecule has 100 valence electrons. The van der Waals surface area contributed by atoms with E-state index >= 15 is 0 Å². The number of oxime groups is 1. The van der Waals surface area contributed by atoms with Gasteiger partial charge in [0.25, 0.3) is 5.91 Å². The van der Waals surface area contributed by atoms with Gasteiger partial charge in [0.1, 0.15) is 0 Å². The van der Waals surface area contributed by atoms with Crippen LogP contribution in [-0.4, -0.2) is 16.8 Å². The normalized spacial score (nSPS) is 15.8. The van der Waals surface area contributed by atoms with Crippen molar-refractivity contribution in [1.29, 1.82) is 0 Å². The largest absolute Gasteiger partial charge is 0.410 e. The van der Waals surface area contributed by atoms with Crippen LogP contribution in [-0.2, 0) is 11.3 Å². The van der Waals surface area contributed by atoms with Crippen LogP contribution in [0.3, 0.4) is 0 Å². The average molecular weight is 266 g/mol. The predicted molar refractivity (Wildman–Crippen MR) is 77.1 cm³/mol. The summed E-state index contributed by atoms with van der Waals surface area (Å²) in [4.78, 5) is 14.0. The molecule has 0 unspecified atom stereocenters. The zero-order valence-electron chi connectivity index (χ0n) is 11.1. The fraction of sp³-hybridized carbons (Fsp3) is 0.125. The van der Waals surface area contributed by atoms with Gasteiger partial charge in [-0.2, -0.15) is 0 Å². The van der Waals surface area contributed by atoms with Crippen molar-refractivity contribution in [3.63, 3.8) is 0 Å². The Morgan fingerprint density at radius 2 is 1.90 bits per heavy atom. The van der Waals surface area contributed by atoms with Crippen LogP contribution in [0.1, 0.15) is 16.7 Å². The zero-order chi connectivity index (χ0) is 14.1. The first-order valence-corrected chi connectivity index (χ1v) is 6.39. The molecule has 0 aromatic heterocycles. The average Bonchev–Trinajstić information content (AvgIpc) is 2.71. The highest BCUT2D eigenvalue weighted by molar-refractivity contribution is 6.54. The van der Waals surface area contributed by atoms with Crippen LogP contribution >= 0.6 is 0 Å². The number of benzene rings is 2. The Morgan fingerprint density at radius 1 is 1.15 bits per heavy atom. The Labute approximate surface area is 117 Å². The predicted octanol–water partition coefficient (Wildman–Crippen LogP) is 2.72. The molecular formula is C16H14N2O2. The van der Waals surface area contributed by atoms with Crippen LogP contribution in [0.2, 0.25) is 0 Å². The first-order valence-electron chi connectivity index (χ1n) is 6.39. The molecule has 1 N–H and O–H groups in total. The van der Waals surface area contributed by atoms with E-state index in [1.165, 1.54) is 0 Å². The van der Waals surface area contributed by atoms with Gasteiger partial charge in [-0.25, -0.2) is 0 Å². The van der Waals surface area contributed by atoms with Crippen LogP contribution < -0.4 is 4.90 Å². The van der Waals surface area contributed by atoms with Crippen LogP contribution in [0.15, 0.2) is 53.7 Å². The zero-order valence-corrected chi connectivity index (χ0v) is 11.1. The van der Waals surface area contributed by atoms with E-state index in [0.717, 1.165) is 16.8 Å². The number of anilines is 1. The molecule has 0 spiro atoms. The lowest BCUT2D eigenvalue weighted by molar-refractivity contribution is -0.112. The smallest absolute Gasteiger partial charge is 0.281 e. The summed E-state index contributed by atoms with van der Waals surface area (Å²) < 4.78 is 0. The van der Waals surface area contributed by atoms with Crippen LogP contribution in [0, 0.1) is 6.92 Å². The van der Waals surface area contributed by atoms with Gasteiger partial charge in [0.2, 0.25) is 0 Å². The molecule has 0 atom stereocenters. The Balaban J connectivity index is 2.03. The van der Waals surface area contributed by atoms with Crippen molar-refractivity contribution < 1.29 is 10.0 Å². The van der Waals surface area contributed by atoms with Gasteiger partial charge in [0.05, 0.1) is 12.2 Å². The van der Waals surface area contributed by atoms with Crippen LogP contribution in [0.4, 0.5) is 5.69 Å². The number of carbonyl (C=O) groups is 1. The molecule has 4 heteroatoms. The van der Waals surface area contributed by atoms with Crippen LogP contribution in [0.5, 0.6) is 0 Å². The highest BCUT2D eigenvalue weighted by Gasteiger charge is 2.34. The molecular weight excluding hydrogens is 252 g/mol. The molecule has 1 heterocycles. The Morgan fingerprint density at radius 3 is 2.60 bits per heavy atom. The molecule has 2 aromatic carbocycles. The van der Waals surface area contributed by atoms with Gasteiger partial charge >= 0.3 is 0 Å². The second-order valence-electron chi connectivity index (χ2n) is 4.85. The highest BCUT2D eigenvalue weighted by atomic mass is 16.4. The second-order valence-corrected chi connectivity index (χ2v) is 4.85. The van der Waals surface area contributed by atoms with Crippen molar-refractivity contribution in [3.05, 3.63) is 65.2 Å². The van der Waals surface area contributed by atoms with Crippen molar-refractivity contribution in [3.8, 4) is 0 Å². The maximum atomic E-state index is 12.3. The molecule has 2 aromatic rings. The maximum absolute atomic E-state index is 12.3. The lowest BCUT2D eigenvalue weighted by Gasteiger charge is -2.16. The number of fused-ring (bicyclic) bond motifs is 1. The summed E-state index contributed by atoms with van der Waals surface area (Å²) >= 11 is 0. The van der Waals surface area contributed by atoms with Gasteiger partial charge in [0.15, 0.2) is 5.71 Å². The molecule has 0 radical (unpaired) electrons. The topological polar surface area (TPSA) is 52.9 Å². The van der Waals surface area contributed by atoms with Gasteiger partial charge < -0.3 is 10.1 Å². The molecule has 3 rings (SSSR count). The number of nitrogens with zero attached hydrogens (tertiary/aromatic N) is 2. The summed E-state index contributed by atoms with van der Waals surface area (Å²) in [6.07, 6.45) is 0. The van der Waals surface area contributed by atoms with E-state index in [1.54, 1.807) is 4.90 Å². The molecule has 0 saturated heterocycles. The molecule has 20 heavy (non-hydrogen) atoms. The molecule has 1 aliphatic heterocycles. The first kappa shape index (κ1) is 12.4. The number of rotatable bonds is 2. The molecule has 0 aliphatic carbocycles. The molecule has 4 nitrogen and oxygen atoms in total. The molecule has 0 saturated carbocycles. The number of aryl methyl sites for hydroxylation is 1. The van der Waals surface area contributed by atoms with E-state index in [1.807, 2.05) is 55.5 Å². The fourth-order valence-electron chi connectivity index (χ4n) is 2.45. The Bertz CT molecular complexity index is 693. The summed E-state index contributed by atoms with van der Waals surface area (Å²) in [6, 6.07) is 15.5. The summed E-state index contributed by atoms with van der Waals surface area (Å²) in [7, 11) is 0.